The number of aromatic nitrogens is 1. The lowest BCUT2D eigenvalue weighted by Crippen LogP contribution is -2.18. The molecule has 0 bridgehead atoms. The fourth-order valence-electron chi connectivity index (χ4n) is 1.64. The van der Waals surface area contributed by atoms with Gasteiger partial charge < -0.3 is 9.73 Å². The van der Waals surface area contributed by atoms with Gasteiger partial charge in [0.15, 0.2) is 5.76 Å². The zero-order chi connectivity index (χ0) is 13.8. The number of rotatable bonds is 5. The lowest BCUT2D eigenvalue weighted by Gasteiger charge is -2.04. The highest BCUT2D eigenvalue weighted by Gasteiger charge is 2.08. The van der Waals surface area contributed by atoms with Crippen LogP contribution in [0.3, 0.4) is 0 Å². The number of oxazole rings is 1. The minimum Gasteiger partial charge on any atom is -0.439 e. The maximum atomic E-state index is 5.97. The van der Waals surface area contributed by atoms with Crippen LogP contribution in [-0.4, -0.2) is 11.5 Å². The Morgan fingerprint density at radius 2 is 2.21 bits per heavy atom. The van der Waals surface area contributed by atoms with Crippen LogP contribution in [0.5, 0.6) is 0 Å². The third kappa shape index (κ3) is 4.06. The summed E-state index contributed by atoms with van der Waals surface area (Å²) in [6.45, 7) is 5.93. The van der Waals surface area contributed by atoms with Gasteiger partial charge in [-0.1, -0.05) is 25.4 Å². The van der Waals surface area contributed by atoms with Gasteiger partial charge in [0.2, 0.25) is 5.89 Å². The fourth-order valence-corrected chi connectivity index (χ4v) is 2.14. The van der Waals surface area contributed by atoms with Crippen molar-refractivity contribution in [3.8, 4) is 11.3 Å². The monoisotopic (exact) mass is 342 g/mol. The first-order valence-corrected chi connectivity index (χ1v) is 7.34. The van der Waals surface area contributed by atoms with Gasteiger partial charge in [-0.05, 0) is 46.6 Å². The van der Waals surface area contributed by atoms with E-state index in [0.29, 0.717) is 23.4 Å². The summed E-state index contributed by atoms with van der Waals surface area (Å²) in [4.78, 5) is 4.26. The van der Waals surface area contributed by atoms with Crippen molar-refractivity contribution in [2.24, 2.45) is 5.92 Å². The van der Waals surface area contributed by atoms with Gasteiger partial charge in [-0.2, -0.15) is 0 Å². The second-order valence-electron chi connectivity index (χ2n) is 4.77. The Morgan fingerprint density at radius 1 is 1.42 bits per heavy atom. The minimum atomic E-state index is 0.613. The highest BCUT2D eigenvalue weighted by molar-refractivity contribution is 9.10. The average molecular weight is 344 g/mol. The molecule has 0 saturated carbocycles. The summed E-state index contributed by atoms with van der Waals surface area (Å²) in [6.07, 6.45) is 1.74. The molecular formula is C14H16BrClN2O. The summed E-state index contributed by atoms with van der Waals surface area (Å²) in [6, 6.07) is 5.67. The first-order chi connectivity index (χ1) is 9.06. The molecular weight excluding hydrogens is 328 g/mol. The van der Waals surface area contributed by atoms with Gasteiger partial charge in [-0.15, -0.1) is 0 Å². The molecule has 0 spiro atoms. The number of nitrogens with zero attached hydrogens (tertiary/aromatic N) is 1. The smallest absolute Gasteiger partial charge is 0.208 e. The number of nitrogens with one attached hydrogen (secondary N) is 1. The Hall–Kier alpha value is -0.840. The molecule has 1 heterocycles. The lowest BCUT2D eigenvalue weighted by molar-refractivity contribution is 0.459. The van der Waals surface area contributed by atoms with E-state index in [1.165, 1.54) is 0 Å². The van der Waals surface area contributed by atoms with Gasteiger partial charge in [0.05, 0.1) is 17.8 Å². The third-order valence-electron chi connectivity index (χ3n) is 2.59. The average Bonchev–Trinajstić information content (AvgIpc) is 2.81. The number of hydrogen-bond acceptors (Lipinski definition) is 3. The summed E-state index contributed by atoms with van der Waals surface area (Å²) in [7, 11) is 0. The van der Waals surface area contributed by atoms with Crippen LogP contribution in [0.4, 0.5) is 0 Å². The molecule has 19 heavy (non-hydrogen) atoms. The van der Waals surface area contributed by atoms with E-state index >= 15 is 0 Å². The molecule has 102 valence electrons. The lowest BCUT2D eigenvalue weighted by atomic mass is 10.2. The van der Waals surface area contributed by atoms with Crippen molar-refractivity contribution in [1.29, 1.82) is 0 Å². The molecule has 5 heteroatoms. The van der Waals surface area contributed by atoms with E-state index in [4.69, 9.17) is 16.0 Å². The Labute approximate surface area is 126 Å². The highest BCUT2D eigenvalue weighted by atomic mass is 79.9. The van der Waals surface area contributed by atoms with E-state index < -0.39 is 0 Å². The van der Waals surface area contributed by atoms with Crippen molar-refractivity contribution in [2.75, 3.05) is 6.54 Å². The maximum Gasteiger partial charge on any atom is 0.208 e. The summed E-state index contributed by atoms with van der Waals surface area (Å²) >= 11 is 9.37. The molecule has 3 nitrogen and oxygen atoms in total. The van der Waals surface area contributed by atoms with Gasteiger partial charge in [0.25, 0.3) is 0 Å². The van der Waals surface area contributed by atoms with Crippen LogP contribution in [0, 0.1) is 5.92 Å². The summed E-state index contributed by atoms with van der Waals surface area (Å²) in [5.41, 5.74) is 0.957. The number of benzene rings is 1. The molecule has 0 unspecified atom stereocenters. The molecule has 0 aliphatic rings. The van der Waals surface area contributed by atoms with E-state index in [1.807, 2.05) is 18.2 Å². The summed E-state index contributed by atoms with van der Waals surface area (Å²) < 4.78 is 6.56. The van der Waals surface area contributed by atoms with Crippen LogP contribution >= 0.6 is 27.5 Å². The standard InChI is InChI=1S/C14H16BrClN2O/c1-9(2)6-17-8-14-18-7-13(19-14)10-3-4-12(16)11(15)5-10/h3-5,7,9,17H,6,8H2,1-2H3. The molecule has 0 atom stereocenters. The van der Waals surface area contributed by atoms with Crippen molar-refractivity contribution in [3.05, 3.63) is 39.8 Å². The van der Waals surface area contributed by atoms with E-state index in [0.717, 1.165) is 22.3 Å². The van der Waals surface area contributed by atoms with E-state index in [2.05, 4.69) is 40.1 Å². The Balaban J connectivity index is 2.05. The molecule has 0 aliphatic heterocycles. The molecule has 1 N–H and O–H groups in total. The molecule has 2 rings (SSSR count). The molecule has 0 saturated heterocycles. The van der Waals surface area contributed by atoms with Crippen LogP contribution in [0.25, 0.3) is 11.3 Å². The molecule has 1 aromatic heterocycles. The topological polar surface area (TPSA) is 38.1 Å². The molecule has 2 aromatic rings. The predicted octanol–water partition coefficient (Wildman–Crippen LogP) is 4.50. The summed E-state index contributed by atoms with van der Waals surface area (Å²) in [5, 5.41) is 3.98. The van der Waals surface area contributed by atoms with Gasteiger partial charge in [0.1, 0.15) is 0 Å². The largest absolute Gasteiger partial charge is 0.439 e. The second-order valence-corrected chi connectivity index (χ2v) is 6.03. The molecule has 1 aromatic carbocycles. The third-order valence-corrected chi connectivity index (χ3v) is 3.80. The molecule has 0 radical (unpaired) electrons. The van der Waals surface area contributed by atoms with Gasteiger partial charge >= 0.3 is 0 Å². The zero-order valence-corrected chi connectivity index (χ0v) is 13.3. The van der Waals surface area contributed by atoms with Gasteiger partial charge in [-0.3, -0.25) is 0 Å². The Kier molecular flexibility index (Phi) is 5.02. The minimum absolute atomic E-state index is 0.613. The van der Waals surface area contributed by atoms with Gasteiger partial charge in [0, 0.05) is 10.0 Å². The van der Waals surface area contributed by atoms with Crippen molar-refractivity contribution < 1.29 is 4.42 Å². The van der Waals surface area contributed by atoms with Crippen LogP contribution in [0.15, 0.2) is 33.3 Å². The predicted molar refractivity (Wildman–Crippen MR) is 81.2 cm³/mol. The van der Waals surface area contributed by atoms with Crippen molar-refractivity contribution >= 4 is 27.5 Å². The number of halogens is 2. The fraction of sp³-hybridized carbons (Fsp3) is 0.357. The normalized spacial score (nSPS) is 11.2. The van der Waals surface area contributed by atoms with Crippen LogP contribution in [0.2, 0.25) is 5.02 Å². The van der Waals surface area contributed by atoms with Crippen molar-refractivity contribution in [3.63, 3.8) is 0 Å². The SMILES string of the molecule is CC(C)CNCc1ncc(-c2ccc(Cl)c(Br)c2)o1. The quantitative estimate of drug-likeness (QED) is 0.868. The second kappa shape index (κ2) is 6.55. The number of hydrogen-bond donors (Lipinski definition) is 1. The van der Waals surface area contributed by atoms with Crippen LogP contribution in [0.1, 0.15) is 19.7 Å². The first kappa shape index (κ1) is 14.6. The van der Waals surface area contributed by atoms with Crippen LogP contribution < -0.4 is 5.32 Å². The first-order valence-electron chi connectivity index (χ1n) is 6.17. The Bertz CT molecular complexity index is 554. The van der Waals surface area contributed by atoms with Gasteiger partial charge in [-0.25, -0.2) is 4.98 Å². The molecule has 0 aliphatic carbocycles. The van der Waals surface area contributed by atoms with E-state index in [-0.39, 0.29) is 0 Å². The van der Waals surface area contributed by atoms with Crippen molar-refractivity contribution in [1.82, 2.24) is 10.3 Å². The van der Waals surface area contributed by atoms with Crippen molar-refractivity contribution in [2.45, 2.75) is 20.4 Å². The van der Waals surface area contributed by atoms with E-state index in [1.54, 1.807) is 6.20 Å². The maximum absolute atomic E-state index is 5.97. The Morgan fingerprint density at radius 3 is 2.89 bits per heavy atom. The molecule has 0 fully saturated rings. The highest BCUT2D eigenvalue weighted by Crippen LogP contribution is 2.29. The van der Waals surface area contributed by atoms with E-state index in [9.17, 15) is 0 Å². The van der Waals surface area contributed by atoms with Crippen LogP contribution in [-0.2, 0) is 6.54 Å². The zero-order valence-electron chi connectivity index (χ0n) is 10.9. The molecule has 0 amide bonds. The summed E-state index contributed by atoms with van der Waals surface area (Å²) in [5.74, 6) is 2.06.